The smallest absolute Gasteiger partial charge is 0.296 e. The van der Waals surface area contributed by atoms with Crippen LogP contribution in [-0.4, -0.2) is 21.8 Å². The Balaban J connectivity index is 1.64. The van der Waals surface area contributed by atoms with Gasteiger partial charge in [0.25, 0.3) is 5.91 Å². The fraction of sp³-hybridized carbons (Fsp3) is 0.192. The number of para-hydroxylation sites is 1. The fourth-order valence-corrected chi connectivity index (χ4v) is 4.74. The number of aliphatic hydroxyl groups is 1. The molecule has 166 valence electrons. The summed E-state index contributed by atoms with van der Waals surface area (Å²) in [6.45, 7) is 6.35. The minimum Gasteiger partial charge on any atom is -0.503 e. The molecule has 1 aliphatic rings. The average Bonchev–Trinajstić information content (AvgIpc) is 3.52. The van der Waals surface area contributed by atoms with E-state index in [2.05, 4.69) is 25.8 Å². The van der Waals surface area contributed by atoms with E-state index in [9.17, 15) is 14.7 Å². The van der Waals surface area contributed by atoms with E-state index in [0.29, 0.717) is 16.3 Å². The van der Waals surface area contributed by atoms with Crippen molar-refractivity contribution in [3.8, 4) is 0 Å². The third-order valence-corrected chi connectivity index (χ3v) is 6.59. The molecular weight excluding hydrogens is 436 g/mol. The minimum atomic E-state index is -0.821. The number of rotatable bonds is 4. The number of ketones is 1. The molecule has 0 radical (unpaired) electrons. The molecule has 0 bridgehead atoms. The van der Waals surface area contributed by atoms with Gasteiger partial charge in [-0.15, -0.1) is 11.3 Å². The molecule has 1 amide bonds. The second-order valence-corrected chi connectivity index (χ2v) is 9.88. The topological polar surface area (TPSA) is 83.6 Å². The first-order valence-corrected chi connectivity index (χ1v) is 11.4. The van der Waals surface area contributed by atoms with Crippen molar-refractivity contribution in [3.63, 3.8) is 0 Å². The summed E-state index contributed by atoms with van der Waals surface area (Å²) in [5, 5.41) is 13.8. The van der Waals surface area contributed by atoms with Gasteiger partial charge in [-0.25, -0.2) is 4.98 Å². The molecule has 2 aromatic carbocycles. The van der Waals surface area contributed by atoms with Crippen molar-refractivity contribution in [2.45, 2.75) is 32.2 Å². The third kappa shape index (κ3) is 3.54. The maximum Gasteiger partial charge on any atom is 0.296 e. The number of Topliss-reactive ketones (excluding diaryl/α,β-unsaturated/α-hetero) is 1. The van der Waals surface area contributed by atoms with Crippen molar-refractivity contribution in [1.82, 2.24) is 4.98 Å². The average molecular weight is 459 g/mol. The van der Waals surface area contributed by atoms with Crippen molar-refractivity contribution in [2.75, 3.05) is 4.90 Å². The van der Waals surface area contributed by atoms with E-state index in [1.165, 1.54) is 16.2 Å². The van der Waals surface area contributed by atoms with E-state index in [1.807, 2.05) is 42.5 Å². The normalized spacial score (nSPS) is 16.8. The van der Waals surface area contributed by atoms with Gasteiger partial charge in [-0.1, -0.05) is 63.2 Å². The minimum absolute atomic E-state index is 0.0160. The molecular formula is C26H22N2O4S. The summed E-state index contributed by atoms with van der Waals surface area (Å²) in [6.07, 6.45) is 1.59. The van der Waals surface area contributed by atoms with Gasteiger partial charge in [-0.3, -0.25) is 14.5 Å². The largest absolute Gasteiger partial charge is 0.503 e. The molecule has 1 atom stereocenters. The first-order chi connectivity index (χ1) is 15.8. The highest BCUT2D eigenvalue weighted by Gasteiger charge is 2.46. The second kappa shape index (κ2) is 7.71. The lowest BCUT2D eigenvalue weighted by Gasteiger charge is -2.25. The Morgan fingerprint density at radius 1 is 1.12 bits per heavy atom. The molecule has 2 aromatic heterocycles. The van der Waals surface area contributed by atoms with Gasteiger partial charge in [0, 0.05) is 17.0 Å². The number of fused-ring (bicyclic) bond motifs is 1. The van der Waals surface area contributed by atoms with Gasteiger partial charge in [0.15, 0.2) is 16.7 Å². The van der Waals surface area contributed by atoms with Crippen LogP contribution in [0.4, 0.5) is 5.13 Å². The van der Waals surface area contributed by atoms with E-state index in [0.717, 1.165) is 10.9 Å². The van der Waals surface area contributed by atoms with E-state index >= 15 is 0 Å². The first-order valence-electron chi connectivity index (χ1n) is 10.6. The van der Waals surface area contributed by atoms with Crippen molar-refractivity contribution in [3.05, 3.63) is 94.4 Å². The standard InChI is InChI=1S/C26H22N2O4S/c1-26(2,3)17-10-8-15(9-11-17)21-20(23(30)24(31)28(21)25-27-12-13-33-25)22(29)19-14-16-6-4-5-7-18(16)32-19/h4-14,21,30H,1-3H3. The zero-order valence-electron chi connectivity index (χ0n) is 18.4. The SMILES string of the molecule is CC(C)(C)c1ccc(C2C(C(=O)c3cc4ccccc4o3)=C(O)C(=O)N2c2nccs2)cc1. The van der Waals surface area contributed by atoms with Crippen LogP contribution in [0.5, 0.6) is 0 Å². The number of aliphatic hydroxyl groups excluding tert-OH is 1. The van der Waals surface area contributed by atoms with Crippen molar-refractivity contribution in [2.24, 2.45) is 0 Å². The molecule has 1 aliphatic heterocycles. The lowest BCUT2D eigenvalue weighted by Crippen LogP contribution is -2.31. The zero-order chi connectivity index (χ0) is 23.3. The van der Waals surface area contributed by atoms with Gasteiger partial charge in [0.2, 0.25) is 5.78 Å². The van der Waals surface area contributed by atoms with Gasteiger partial charge in [-0.05, 0) is 28.7 Å². The summed E-state index contributed by atoms with van der Waals surface area (Å²) in [5.74, 6) is -1.70. The highest BCUT2D eigenvalue weighted by Crippen LogP contribution is 2.43. The van der Waals surface area contributed by atoms with Crippen LogP contribution in [0, 0.1) is 0 Å². The Morgan fingerprint density at radius 2 is 1.85 bits per heavy atom. The van der Waals surface area contributed by atoms with Crippen LogP contribution >= 0.6 is 11.3 Å². The molecule has 4 aromatic rings. The van der Waals surface area contributed by atoms with Crippen LogP contribution in [0.15, 0.2) is 81.9 Å². The number of carbonyl (C=O) groups excluding carboxylic acids is 2. The molecule has 0 saturated carbocycles. The summed E-state index contributed by atoms with van der Waals surface area (Å²) >= 11 is 1.27. The highest BCUT2D eigenvalue weighted by molar-refractivity contribution is 7.13. The van der Waals surface area contributed by atoms with Gasteiger partial charge >= 0.3 is 0 Å². The highest BCUT2D eigenvalue weighted by atomic mass is 32.1. The lowest BCUT2D eigenvalue weighted by molar-refractivity contribution is -0.117. The Morgan fingerprint density at radius 3 is 2.48 bits per heavy atom. The summed E-state index contributed by atoms with van der Waals surface area (Å²) < 4.78 is 5.76. The van der Waals surface area contributed by atoms with E-state index in [-0.39, 0.29) is 16.7 Å². The van der Waals surface area contributed by atoms with Crippen molar-refractivity contribution < 1.29 is 19.1 Å². The Hall–Kier alpha value is -3.71. The molecule has 6 nitrogen and oxygen atoms in total. The molecule has 1 N–H and O–H groups in total. The maximum atomic E-state index is 13.6. The molecule has 3 heterocycles. The van der Waals surface area contributed by atoms with E-state index < -0.39 is 23.5 Å². The molecule has 0 fully saturated rings. The molecule has 5 rings (SSSR count). The van der Waals surface area contributed by atoms with E-state index in [1.54, 1.807) is 23.7 Å². The Labute approximate surface area is 194 Å². The number of aromatic nitrogens is 1. The molecule has 0 spiro atoms. The monoisotopic (exact) mass is 458 g/mol. The third-order valence-electron chi connectivity index (χ3n) is 5.82. The Kier molecular flexibility index (Phi) is 4.94. The number of nitrogens with zero attached hydrogens (tertiary/aromatic N) is 2. The predicted octanol–water partition coefficient (Wildman–Crippen LogP) is 5.97. The van der Waals surface area contributed by atoms with Crippen LogP contribution in [0.1, 0.15) is 48.5 Å². The van der Waals surface area contributed by atoms with Crippen molar-refractivity contribution in [1.29, 1.82) is 0 Å². The van der Waals surface area contributed by atoms with Gasteiger partial charge < -0.3 is 9.52 Å². The number of benzene rings is 2. The molecule has 0 saturated heterocycles. The van der Waals surface area contributed by atoms with Crippen LogP contribution in [0.3, 0.4) is 0 Å². The predicted molar refractivity (Wildman–Crippen MR) is 128 cm³/mol. The lowest BCUT2D eigenvalue weighted by atomic mass is 9.85. The van der Waals surface area contributed by atoms with Crippen LogP contribution < -0.4 is 4.90 Å². The first kappa shape index (κ1) is 21.2. The summed E-state index contributed by atoms with van der Waals surface area (Å²) in [4.78, 5) is 32.4. The summed E-state index contributed by atoms with van der Waals surface area (Å²) in [6, 6.07) is 15.8. The van der Waals surface area contributed by atoms with Crippen LogP contribution in [0.25, 0.3) is 11.0 Å². The number of carbonyl (C=O) groups is 2. The molecule has 7 heteroatoms. The maximum absolute atomic E-state index is 13.6. The quantitative estimate of drug-likeness (QED) is 0.381. The molecule has 33 heavy (non-hydrogen) atoms. The van der Waals surface area contributed by atoms with Gasteiger partial charge in [0.05, 0.1) is 11.6 Å². The number of furan rings is 1. The van der Waals surface area contributed by atoms with E-state index in [4.69, 9.17) is 4.42 Å². The molecule has 0 aliphatic carbocycles. The second-order valence-electron chi connectivity index (χ2n) is 9.00. The molecule has 1 unspecified atom stereocenters. The number of anilines is 1. The van der Waals surface area contributed by atoms with Crippen LogP contribution in [0.2, 0.25) is 0 Å². The van der Waals surface area contributed by atoms with Gasteiger partial charge in [0.1, 0.15) is 5.58 Å². The summed E-state index contributed by atoms with van der Waals surface area (Å²) in [5.41, 5.74) is 2.32. The van der Waals surface area contributed by atoms with Gasteiger partial charge in [-0.2, -0.15) is 0 Å². The Bertz CT molecular complexity index is 1360. The zero-order valence-corrected chi connectivity index (χ0v) is 19.2. The number of amides is 1. The van der Waals surface area contributed by atoms with Crippen molar-refractivity contribution >= 4 is 39.1 Å². The number of hydrogen-bond donors (Lipinski definition) is 1. The van der Waals surface area contributed by atoms with Crippen LogP contribution in [-0.2, 0) is 10.2 Å². The number of hydrogen-bond acceptors (Lipinski definition) is 6. The number of thiazole rings is 1. The fourth-order valence-electron chi connectivity index (χ4n) is 4.08. The summed E-state index contributed by atoms with van der Waals surface area (Å²) in [7, 11) is 0.